The van der Waals surface area contributed by atoms with Crippen molar-refractivity contribution in [3.8, 4) is 0 Å². The van der Waals surface area contributed by atoms with Crippen LogP contribution in [0.25, 0.3) is 0 Å². The average Bonchev–Trinajstić information content (AvgIpc) is 2.14. The van der Waals surface area contributed by atoms with E-state index in [1.807, 2.05) is 0 Å². The number of carbonyl (C=O) groups is 1. The number of aryl methyl sites for hydroxylation is 1. The maximum Gasteiger partial charge on any atom is 0.305 e. The lowest BCUT2D eigenvalue weighted by Gasteiger charge is -2.12. The van der Waals surface area contributed by atoms with Crippen LogP contribution < -0.4 is 5.73 Å². The minimum Gasteiger partial charge on any atom is -0.481 e. The highest BCUT2D eigenvalue weighted by molar-refractivity contribution is 7.90. The molecule has 1 unspecified atom stereocenters. The van der Waals surface area contributed by atoms with E-state index in [0.29, 0.717) is 11.1 Å². The normalized spacial score (nSPS) is 13.4. The highest BCUT2D eigenvalue weighted by atomic mass is 32.2. The van der Waals surface area contributed by atoms with Crippen LogP contribution in [0.15, 0.2) is 23.1 Å². The van der Waals surface area contributed by atoms with Gasteiger partial charge >= 0.3 is 5.97 Å². The van der Waals surface area contributed by atoms with Crippen molar-refractivity contribution in [3.05, 3.63) is 29.3 Å². The minimum atomic E-state index is -3.26. The van der Waals surface area contributed by atoms with Gasteiger partial charge in [0.15, 0.2) is 9.84 Å². The Morgan fingerprint density at radius 2 is 2.06 bits per heavy atom. The van der Waals surface area contributed by atoms with Gasteiger partial charge in [-0.3, -0.25) is 4.79 Å². The van der Waals surface area contributed by atoms with Gasteiger partial charge in [0.1, 0.15) is 0 Å². The van der Waals surface area contributed by atoms with Crippen LogP contribution in [0.5, 0.6) is 0 Å². The molecule has 0 spiro atoms. The number of benzene rings is 1. The number of sulfone groups is 1. The van der Waals surface area contributed by atoms with Gasteiger partial charge in [-0.2, -0.15) is 0 Å². The van der Waals surface area contributed by atoms with Crippen molar-refractivity contribution in [2.75, 3.05) is 6.26 Å². The monoisotopic (exact) mass is 257 g/mol. The van der Waals surface area contributed by atoms with E-state index >= 15 is 0 Å². The van der Waals surface area contributed by atoms with Crippen LogP contribution in [0.1, 0.15) is 23.6 Å². The molecule has 0 fully saturated rings. The van der Waals surface area contributed by atoms with Crippen molar-refractivity contribution in [1.82, 2.24) is 0 Å². The smallest absolute Gasteiger partial charge is 0.305 e. The SMILES string of the molecule is Cc1cc(C(N)CC(=O)O)ccc1S(C)(=O)=O. The van der Waals surface area contributed by atoms with Gasteiger partial charge in [-0.1, -0.05) is 12.1 Å². The number of aliphatic carboxylic acids is 1. The Morgan fingerprint density at radius 3 is 2.47 bits per heavy atom. The third kappa shape index (κ3) is 3.54. The van der Waals surface area contributed by atoms with Gasteiger partial charge in [0.05, 0.1) is 11.3 Å². The topological polar surface area (TPSA) is 97.5 Å². The molecule has 0 saturated heterocycles. The summed E-state index contributed by atoms with van der Waals surface area (Å²) in [5, 5.41) is 8.62. The second kappa shape index (κ2) is 4.85. The van der Waals surface area contributed by atoms with Gasteiger partial charge < -0.3 is 10.8 Å². The molecule has 0 heterocycles. The third-order valence-electron chi connectivity index (χ3n) is 2.42. The molecule has 0 aliphatic carbocycles. The summed E-state index contributed by atoms with van der Waals surface area (Å²) in [5.41, 5.74) is 6.89. The van der Waals surface area contributed by atoms with Gasteiger partial charge in [0.25, 0.3) is 0 Å². The Hall–Kier alpha value is -1.40. The largest absolute Gasteiger partial charge is 0.481 e. The lowest BCUT2D eigenvalue weighted by Crippen LogP contribution is -2.15. The molecule has 1 rings (SSSR count). The molecule has 1 aromatic rings. The Morgan fingerprint density at radius 1 is 1.47 bits per heavy atom. The maximum absolute atomic E-state index is 11.4. The fraction of sp³-hybridized carbons (Fsp3) is 0.364. The molecule has 0 aliphatic rings. The van der Waals surface area contributed by atoms with Gasteiger partial charge in [0, 0.05) is 12.3 Å². The number of rotatable bonds is 4. The standard InChI is InChI=1S/C11H15NO4S/c1-7-5-8(9(12)6-11(13)14)3-4-10(7)17(2,15)16/h3-5,9H,6,12H2,1-2H3,(H,13,14). The Kier molecular flexibility index (Phi) is 3.90. The summed E-state index contributed by atoms with van der Waals surface area (Å²) in [6.45, 7) is 1.66. The first-order valence-electron chi connectivity index (χ1n) is 5.00. The zero-order valence-corrected chi connectivity index (χ0v) is 10.5. The molecule has 0 saturated carbocycles. The summed E-state index contributed by atoms with van der Waals surface area (Å²) in [6.07, 6.45) is 0.948. The highest BCUT2D eigenvalue weighted by Gasteiger charge is 2.15. The highest BCUT2D eigenvalue weighted by Crippen LogP contribution is 2.21. The molecule has 0 radical (unpaired) electrons. The van der Waals surface area contributed by atoms with E-state index in [1.54, 1.807) is 19.1 Å². The van der Waals surface area contributed by atoms with Crippen molar-refractivity contribution in [3.63, 3.8) is 0 Å². The Balaban J connectivity index is 3.09. The number of hydrogen-bond acceptors (Lipinski definition) is 4. The molecular formula is C11H15NO4S. The van der Waals surface area contributed by atoms with Crippen LogP contribution in [0.2, 0.25) is 0 Å². The first-order valence-corrected chi connectivity index (χ1v) is 6.89. The molecule has 3 N–H and O–H groups in total. The predicted octanol–water partition coefficient (Wildman–Crippen LogP) is 0.873. The van der Waals surface area contributed by atoms with Crippen molar-refractivity contribution in [1.29, 1.82) is 0 Å². The lowest BCUT2D eigenvalue weighted by atomic mass is 10.0. The molecule has 17 heavy (non-hydrogen) atoms. The van der Waals surface area contributed by atoms with Gasteiger partial charge in [-0.05, 0) is 24.1 Å². The van der Waals surface area contributed by atoms with Crippen molar-refractivity contribution < 1.29 is 18.3 Å². The van der Waals surface area contributed by atoms with E-state index < -0.39 is 21.8 Å². The van der Waals surface area contributed by atoms with Crippen molar-refractivity contribution in [2.45, 2.75) is 24.3 Å². The lowest BCUT2D eigenvalue weighted by molar-refractivity contribution is -0.137. The Labute approximate surface area is 100 Å². The molecule has 0 aliphatic heterocycles. The average molecular weight is 257 g/mol. The van der Waals surface area contributed by atoms with E-state index in [0.717, 1.165) is 6.26 Å². The van der Waals surface area contributed by atoms with Crippen LogP contribution in [-0.4, -0.2) is 25.7 Å². The fourth-order valence-electron chi connectivity index (χ4n) is 1.63. The predicted molar refractivity (Wildman–Crippen MR) is 63.5 cm³/mol. The van der Waals surface area contributed by atoms with Crippen LogP contribution in [0.4, 0.5) is 0 Å². The van der Waals surface area contributed by atoms with Crippen molar-refractivity contribution in [2.24, 2.45) is 5.73 Å². The van der Waals surface area contributed by atoms with E-state index in [-0.39, 0.29) is 11.3 Å². The summed E-state index contributed by atoms with van der Waals surface area (Å²) in [5.74, 6) is -0.984. The summed E-state index contributed by atoms with van der Waals surface area (Å²) in [4.78, 5) is 10.8. The quantitative estimate of drug-likeness (QED) is 0.834. The van der Waals surface area contributed by atoms with Crippen LogP contribution in [0, 0.1) is 6.92 Å². The Bertz CT molecular complexity index is 536. The molecular weight excluding hydrogens is 242 g/mol. The summed E-state index contributed by atoms with van der Waals surface area (Å²) in [7, 11) is -3.26. The van der Waals surface area contributed by atoms with Gasteiger partial charge in [-0.15, -0.1) is 0 Å². The third-order valence-corrected chi connectivity index (χ3v) is 3.68. The number of hydrogen-bond donors (Lipinski definition) is 2. The second-order valence-corrected chi connectivity index (χ2v) is 5.99. The summed E-state index contributed by atoms with van der Waals surface area (Å²) in [6, 6.07) is 4.00. The molecule has 0 bridgehead atoms. The molecule has 1 aromatic carbocycles. The molecule has 0 aromatic heterocycles. The molecule has 94 valence electrons. The number of nitrogens with two attached hydrogens (primary N) is 1. The zero-order valence-electron chi connectivity index (χ0n) is 9.67. The maximum atomic E-state index is 11.4. The molecule has 0 amide bonds. The van der Waals surface area contributed by atoms with Crippen LogP contribution in [0.3, 0.4) is 0 Å². The zero-order chi connectivity index (χ0) is 13.2. The molecule has 5 nitrogen and oxygen atoms in total. The first kappa shape index (κ1) is 13.7. The van der Waals surface area contributed by atoms with Crippen LogP contribution in [-0.2, 0) is 14.6 Å². The molecule has 1 atom stereocenters. The van der Waals surface area contributed by atoms with E-state index in [1.165, 1.54) is 6.07 Å². The van der Waals surface area contributed by atoms with E-state index in [2.05, 4.69) is 0 Å². The second-order valence-electron chi connectivity index (χ2n) is 4.00. The van der Waals surface area contributed by atoms with Crippen molar-refractivity contribution >= 4 is 15.8 Å². The summed E-state index contributed by atoms with van der Waals surface area (Å²) < 4.78 is 22.8. The van der Waals surface area contributed by atoms with Gasteiger partial charge in [-0.25, -0.2) is 8.42 Å². The van der Waals surface area contributed by atoms with Gasteiger partial charge in [0.2, 0.25) is 0 Å². The van der Waals surface area contributed by atoms with E-state index in [9.17, 15) is 13.2 Å². The van der Waals surface area contributed by atoms with Crippen LogP contribution >= 0.6 is 0 Å². The minimum absolute atomic E-state index is 0.183. The fourth-order valence-corrected chi connectivity index (χ4v) is 2.58. The number of carboxylic acids is 1. The first-order chi connectivity index (χ1) is 7.71. The summed E-state index contributed by atoms with van der Waals surface area (Å²) >= 11 is 0. The van der Waals surface area contributed by atoms with E-state index in [4.69, 9.17) is 10.8 Å². The molecule has 6 heteroatoms. The number of carboxylic acid groups (broad SMARTS) is 1.